The molecule has 6 heteroatoms. The summed E-state index contributed by atoms with van der Waals surface area (Å²) in [6.07, 6.45) is 7.10. The van der Waals surface area contributed by atoms with Gasteiger partial charge in [0.05, 0.1) is 16.3 Å². The quantitative estimate of drug-likeness (QED) is 0.697. The Labute approximate surface area is 169 Å². The summed E-state index contributed by atoms with van der Waals surface area (Å²) in [4.78, 5) is 21.1. The van der Waals surface area contributed by atoms with Crippen LogP contribution in [0.1, 0.15) is 41.7 Å². The van der Waals surface area contributed by atoms with Gasteiger partial charge in [-0.15, -0.1) is 11.8 Å². The van der Waals surface area contributed by atoms with E-state index in [4.69, 9.17) is 11.6 Å². The van der Waals surface area contributed by atoms with Crippen molar-refractivity contribution in [1.29, 1.82) is 0 Å². The summed E-state index contributed by atoms with van der Waals surface area (Å²) < 4.78 is 0. The van der Waals surface area contributed by atoms with Crippen LogP contribution in [0, 0.1) is 12.3 Å². The smallest absolute Gasteiger partial charge is 0.259 e. The Balaban J connectivity index is 1.60. The van der Waals surface area contributed by atoms with Gasteiger partial charge in [0.15, 0.2) is 0 Å². The number of hydrogen-bond donors (Lipinski definition) is 1. The van der Waals surface area contributed by atoms with E-state index in [0.717, 1.165) is 35.2 Å². The maximum absolute atomic E-state index is 13.0. The highest BCUT2D eigenvalue weighted by atomic mass is 35.5. The van der Waals surface area contributed by atoms with E-state index in [1.165, 1.54) is 25.7 Å². The highest BCUT2D eigenvalue weighted by Crippen LogP contribution is 2.54. The van der Waals surface area contributed by atoms with Crippen LogP contribution in [0.2, 0.25) is 5.02 Å². The first-order chi connectivity index (χ1) is 13.0. The van der Waals surface area contributed by atoms with Crippen LogP contribution in [0.15, 0.2) is 35.2 Å². The third-order valence-electron chi connectivity index (χ3n) is 5.78. The van der Waals surface area contributed by atoms with Crippen molar-refractivity contribution in [2.45, 2.75) is 37.5 Å². The molecule has 4 rings (SSSR count). The summed E-state index contributed by atoms with van der Waals surface area (Å²) in [5, 5.41) is 3.54. The van der Waals surface area contributed by atoms with Crippen molar-refractivity contribution in [2.24, 2.45) is 5.41 Å². The van der Waals surface area contributed by atoms with E-state index in [-0.39, 0.29) is 5.91 Å². The third-order valence-corrected chi connectivity index (χ3v) is 6.89. The number of nitrogens with zero attached hydrogens (tertiary/aromatic N) is 2. The molecule has 2 aromatic rings. The number of pyridine rings is 1. The highest BCUT2D eigenvalue weighted by Gasteiger charge is 2.44. The molecule has 1 spiro atoms. The summed E-state index contributed by atoms with van der Waals surface area (Å²) in [7, 11) is 0. The molecule has 1 amide bonds. The van der Waals surface area contributed by atoms with Crippen molar-refractivity contribution in [2.75, 3.05) is 29.6 Å². The van der Waals surface area contributed by atoms with Crippen molar-refractivity contribution in [3.8, 4) is 0 Å². The van der Waals surface area contributed by atoms with Gasteiger partial charge in [-0.05, 0) is 68.5 Å². The minimum absolute atomic E-state index is 0.163. The summed E-state index contributed by atoms with van der Waals surface area (Å²) in [5.74, 6) is 0.593. The largest absolute Gasteiger partial charge is 0.356 e. The number of piperidine rings is 1. The van der Waals surface area contributed by atoms with Gasteiger partial charge < -0.3 is 10.2 Å². The number of rotatable bonds is 4. The first-order valence-electron chi connectivity index (χ1n) is 9.37. The molecule has 0 bridgehead atoms. The van der Waals surface area contributed by atoms with Crippen LogP contribution in [-0.4, -0.2) is 30.2 Å². The summed E-state index contributed by atoms with van der Waals surface area (Å²) >= 11 is 7.96. The molecule has 1 saturated heterocycles. The first kappa shape index (κ1) is 18.6. The van der Waals surface area contributed by atoms with Gasteiger partial charge in [-0.25, -0.2) is 4.98 Å². The SMILES string of the molecule is CSc1cccc(NC(=O)c2cc(Cl)c(C)nc2N2CCC3(CC2)CC3)c1. The number of halogens is 1. The molecule has 2 fully saturated rings. The zero-order valence-corrected chi connectivity index (χ0v) is 17.3. The van der Waals surface area contributed by atoms with Gasteiger partial charge in [0.25, 0.3) is 5.91 Å². The Morgan fingerprint density at radius 2 is 1.96 bits per heavy atom. The summed E-state index contributed by atoms with van der Waals surface area (Å²) in [6.45, 7) is 3.80. The Kier molecular flexibility index (Phi) is 5.08. The lowest BCUT2D eigenvalue weighted by Crippen LogP contribution is -2.36. The maximum Gasteiger partial charge on any atom is 0.259 e. The topological polar surface area (TPSA) is 45.2 Å². The Morgan fingerprint density at radius 3 is 2.63 bits per heavy atom. The fraction of sp³-hybridized carbons (Fsp3) is 0.429. The van der Waals surface area contributed by atoms with Crippen molar-refractivity contribution in [3.05, 3.63) is 46.6 Å². The molecule has 2 heterocycles. The van der Waals surface area contributed by atoms with Crippen LogP contribution in [0.3, 0.4) is 0 Å². The van der Waals surface area contributed by atoms with Crippen molar-refractivity contribution >= 4 is 40.8 Å². The molecule has 1 aromatic heterocycles. The average molecular weight is 402 g/mol. The first-order valence-corrected chi connectivity index (χ1v) is 11.0. The van der Waals surface area contributed by atoms with Crippen molar-refractivity contribution in [1.82, 2.24) is 4.98 Å². The lowest BCUT2D eigenvalue weighted by molar-refractivity contribution is 0.102. The normalized spacial score (nSPS) is 17.8. The molecule has 4 nitrogen and oxygen atoms in total. The lowest BCUT2D eigenvalue weighted by Gasteiger charge is -2.34. The second-order valence-electron chi connectivity index (χ2n) is 7.60. The van der Waals surface area contributed by atoms with Gasteiger partial charge in [0, 0.05) is 23.7 Å². The van der Waals surface area contributed by atoms with Gasteiger partial charge in [-0.3, -0.25) is 4.79 Å². The van der Waals surface area contributed by atoms with Gasteiger partial charge in [0.1, 0.15) is 5.82 Å². The van der Waals surface area contributed by atoms with Crippen LogP contribution in [0.5, 0.6) is 0 Å². The molecule has 1 aliphatic carbocycles. The second kappa shape index (κ2) is 7.36. The number of hydrogen-bond acceptors (Lipinski definition) is 4. The van der Waals surface area contributed by atoms with E-state index in [1.54, 1.807) is 17.8 Å². The van der Waals surface area contributed by atoms with Crippen LogP contribution in [0.4, 0.5) is 11.5 Å². The van der Waals surface area contributed by atoms with Gasteiger partial charge in [-0.1, -0.05) is 17.7 Å². The highest BCUT2D eigenvalue weighted by molar-refractivity contribution is 7.98. The molecule has 27 heavy (non-hydrogen) atoms. The van der Waals surface area contributed by atoms with Gasteiger partial charge >= 0.3 is 0 Å². The molecule has 1 aliphatic heterocycles. The number of nitrogens with one attached hydrogen (secondary N) is 1. The second-order valence-corrected chi connectivity index (χ2v) is 8.89. The van der Waals surface area contributed by atoms with Gasteiger partial charge in [0.2, 0.25) is 0 Å². The van der Waals surface area contributed by atoms with E-state index in [1.807, 2.05) is 37.4 Å². The number of carbonyl (C=O) groups excluding carboxylic acids is 1. The number of anilines is 2. The molecule has 1 saturated carbocycles. The monoisotopic (exact) mass is 401 g/mol. The minimum atomic E-state index is -0.163. The van der Waals surface area contributed by atoms with Crippen LogP contribution in [0.25, 0.3) is 0 Å². The van der Waals surface area contributed by atoms with Crippen molar-refractivity contribution in [3.63, 3.8) is 0 Å². The number of aryl methyl sites for hydroxylation is 1. The minimum Gasteiger partial charge on any atom is -0.356 e. The zero-order chi connectivity index (χ0) is 19.0. The number of carbonyl (C=O) groups is 1. The number of thioether (sulfide) groups is 1. The van der Waals surface area contributed by atoms with E-state index in [9.17, 15) is 4.79 Å². The lowest BCUT2D eigenvalue weighted by atomic mass is 9.93. The van der Waals surface area contributed by atoms with E-state index in [2.05, 4.69) is 15.2 Å². The van der Waals surface area contributed by atoms with E-state index < -0.39 is 0 Å². The Bertz CT molecular complexity index is 872. The van der Waals surface area contributed by atoms with Crippen LogP contribution >= 0.6 is 23.4 Å². The summed E-state index contributed by atoms with van der Waals surface area (Å²) in [6, 6.07) is 9.61. The molecule has 1 N–H and O–H groups in total. The average Bonchev–Trinajstić information content (AvgIpc) is 3.43. The Hall–Kier alpha value is -1.72. The number of amides is 1. The Morgan fingerprint density at radius 1 is 1.22 bits per heavy atom. The standard InChI is InChI=1S/C21H24ClN3OS/c1-14-18(22)13-17(20(26)24-15-4-3-5-16(12-15)27-2)19(23-14)25-10-8-21(6-7-21)9-11-25/h3-5,12-13H,6-11H2,1-2H3,(H,24,26). The zero-order valence-electron chi connectivity index (χ0n) is 15.7. The molecule has 1 aromatic carbocycles. The molecule has 0 atom stereocenters. The fourth-order valence-corrected chi connectivity index (χ4v) is 4.36. The number of benzene rings is 1. The summed E-state index contributed by atoms with van der Waals surface area (Å²) in [5.41, 5.74) is 2.68. The molecular formula is C21H24ClN3OS. The van der Waals surface area contributed by atoms with E-state index in [0.29, 0.717) is 16.0 Å². The molecule has 0 unspecified atom stereocenters. The fourth-order valence-electron chi connectivity index (χ4n) is 3.75. The predicted molar refractivity (Wildman–Crippen MR) is 113 cm³/mol. The molecule has 2 aliphatic rings. The molecule has 142 valence electrons. The van der Waals surface area contributed by atoms with Gasteiger partial charge in [-0.2, -0.15) is 0 Å². The van der Waals surface area contributed by atoms with Crippen LogP contribution in [-0.2, 0) is 0 Å². The molecular weight excluding hydrogens is 378 g/mol. The number of aromatic nitrogens is 1. The third kappa shape index (κ3) is 3.94. The molecule has 0 radical (unpaired) electrons. The predicted octanol–water partition coefficient (Wildman–Crippen LogP) is 5.40. The van der Waals surface area contributed by atoms with Crippen LogP contribution < -0.4 is 10.2 Å². The maximum atomic E-state index is 13.0. The van der Waals surface area contributed by atoms with E-state index >= 15 is 0 Å². The van der Waals surface area contributed by atoms with Crippen molar-refractivity contribution < 1.29 is 4.79 Å².